The monoisotopic (exact) mass is 530 g/mol. The van der Waals surface area contributed by atoms with E-state index in [0.29, 0.717) is 65.4 Å². The molecular formula is C28H54N2O7. The number of ether oxygens (including phenoxy) is 4. The van der Waals surface area contributed by atoms with E-state index in [-0.39, 0.29) is 25.0 Å². The van der Waals surface area contributed by atoms with Crippen LogP contribution >= 0.6 is 0 Å². The van der Waals surface area contributed by atoms with E-state index >= 15 is 0 Å². The molecule has 0 aliphatic rings. The topological polar surface area (TPSA) is 112 Å². The second-order valence-electron chi connectivity index (χ2n) is 9.21. The van der Waals surface area contributed by atoms with Crippen molar-refractivity contribution in [2.75, 3.05) is 65.9 Å². The quantitative estimate of drug-likeness (QED) is 0.107. The standard InChI is InChI=1S/C28H54N2O7/c1-2-3-4-5-6-7-8-9-10-11-12-13-14-15-27(32)29-16-19-35-24-25-37-26-28(33)30-17-20-34-22-23-36-21-18-31/h18H,2-17,19-26H2,1H3,(H,29,32)(H,30,33). The van der Waals surface area contributed by atoms with Crippen molar-refractivity contribution in [3.05, 3.63) is 0 Å². The Morgan fingerprint density at radius 3 is 1.57 bits per heavy atom. The average Bonchev–Trinajstić information content (AvgIpc) is 2.89. The van der Waals surface area contributed by atoms with Crippen LogP contribution in [0.1, 0.15) is 96.8 Å². The molecule has 2 N–H and O–H groups in total. The molecule has 0 heterocycles. The second-order valence-corrected chi connectivity index (χ2v) is 9.21. The number of amides is 2. The van der Waals surface area contributed by atoms with Crippen LogP contribution in [0.4, 0.5) is 0 Å². The van der Waals surface area contributed by atoms with Gasteiger partial charge in [0.05, 0.1) is 39.6 Å². The van der Waals surface area contributed by atoms with Crippen LogP contribution in [0.5, 0.6) is 0 Å². The number of carbonyl (C=O) groups is 3. The van der Waals surface area contributed by atoms with Crippen LogP contribution in [0.3, 0.4) is 0 Å². The highest BCUT2D eigenvalue weighted by molar-refractivity contribution is 5.77. The molecule has 0 radical (unpaired) electrons. The molecule has 0 saturated heterocycles. The number of hydrogen-bond acceptors (Lipinski definition) is 7. The third kappa shape index (κ3) is 30.6. The zero-order valence-corrected chi connectivity index (χ0v) is 23.4. The molecule has 0 spiro atoms. The SMILES string of the molecule is CCCCCCCCCCCCCCCC(=O)NCCOCCOCC(=O)NCCOCCOCC=O. The second kappa shape index (κ2) is 30.7. The van der Waals surface area contributed by atoms with E-state index in [1.807, 2.05) is 0 Å². The molecule has 37 heavy (non-hydrogen) atoms. The summed E-state index contributed by atoms with van der Waals surface area (Å²) in [5.74, 6) is -0.140. The summed E-state index contributed by atoms with van der Waals surface area (Å²) >= 11 is 0. The van der Waals surface area contributed by atoms with Gasteiger partial charge in [0.2, 0.25) is 11.8 Å². The Bertz CT molecular complexity index is 521. The molecule has 2 amide bonds. The maximum Gasteiger partial charge on any atom is 0.246 e. The highest BCUT2D eigenvalue weighted by Gasteiger charge is 2.02. The summed E-state index contributed by atoms with van der Waals surface area (Å²) in [4.78, 5) is 33.6. The van der Waals surface area contributed by atoms with Gasteiger partial charge in [-0.05, 0) is 6.42 Å². The lowest BCUT2D eigenvalue weighted by molar-refractivity contribution is -0.126. The lowest BCUT2D eigenvalue weighted by Gasteiger charge is -2.08. The van der Waals surface area contributed by atoms with Gasteiger partial charge in [-0.15, -0.1) is 0 Å². The van der Waals surface area contributed by atoms with Crippen molar-refractivity contribution >= 4 is 18.1 Å². The first-order valence-electron chi connectivity index (χ1n) is 14.5. The van der Waals surface area contributed by atoms with Gasteiger partial charge in [0.15, 0.2) is 0 Å². The Kier molecular flexibility index (Phi) is 29.4. The van der Waals surface area contributed by atoms with Gasteiger partial charge >= 0.3 is 0 Å². The molecule has 0 aliphatic heterocycles. The van der Waals surface area contributed by atoms with Gasteiger partial charge in [-0.2, -0.15) is 0 Å². The smallest absolute Gasteiger partial charge is 0.246 e. The highest BCUT2D eigenvalue weighted by Crippen LogP contribution is 2.12. The van der Waals surface area contributed by atoms with Crippen molar-refractivity contribution in [1.29, 1.82) is 0 Å². The Hall–Kier alpha value is -1.55. The van der Waals surface area contributed by atoms with E-state index in [9.17, 15) is 14.4 Å². The van der Waals surface area contributed by atoms with Gasteiger partial charge in [0, 0.05) is 19.5 Å². The fourth-order valence-corrected chi connectivity index (χ4v) is 3.70. The van der Waals surface area contributed by atoms with Crippen molar-refractivity contribution in [3.63, 3.8) is 0 Å². The summed E-state index contributed by atoms with van der Waals surface area (Å²) in [5, 5.41) is 5.56. The first-order valence-corrected chi connectivity index (χ1v) is 14.5. The molecule has 218 valence electrons. The minimum Gasteiger partial charge on any atom is -0.377 e. The molecule has 0 aromatic heterocycles. The van der Waals surface area contributed by atoms with Gasteiger partial charge in [0.25, 0.3) is 0 Å². The van der Waals surface area contributed by atoms with Crippen LogP contribution in [0.2, 0.25) is 0 Å². The molecule has 0 rings (SSSR count). The van der Waals surface area contributed by atoms with Crippen molar-refractivity contribution in [1.82, 2.24) is 10.6 Å². The summed E-state index contributed by atoms with van der Waals surface area (Å²) < 4.78 is 20.9. The lowest BCUT2D eigenvalue weighted by Crippen LogP contribution is -2.31. The van der Waals surface area contributed by atoms with Gasteiger partial charge in [0.1, 0.15) is 19.5 Å². The summed E-state index contributed by atoms with van der Waals surface area (Å²) in [7, 11) is 0. The predicted molar refractivity (Wildman–Crippen MR) is 146 cm³/mol. The van der Waals surface area contributed by atoms with Crippen molar-refractivity contribution in [2.24, 2.45) is 0 Å². The Morgan fingerprint density at radius 2 is 1.03 bits per heavy atom. The van der Waals surface area contributed by atoms with Crippen molar-refractivity contribution < 1.29 is 33.3 Å². The molecule has 9 nitrogen and oxygen atoms in total. The lowest BCUT2D eigenvalue weighted by atomic mass is 10.0. The molecule has 0 aromatic rings. The first kappa shape index (κ1) is 35.5. The van der Waals surface area contributed by atoms with Gasteiger partial charge in [-0.1, -0.05) is 84.0 Å². The van der Waals surface area contributed by atoms with E-state index in [1.54, 1.807) is 0 Å². The highest BCUT2D eigenvalue weighted by atomic mass is 16.5. The van der Waals surface area contributed by atoms with Crippen LogP contribution in [0.15, 0.2) is 0 Å². The molecule has 0 aromatic carbocycles. The van der Waals surface area contributed by atoms with Gasteiger partial charge in [-0.3, -0.25) is 9.59 Å². The number of nitrogens with one attached hydrogen (secondary N) is 2. The Balaban J connectivity index is 3.25. The van der Waals surface area contributed by atoms with Crippen LogP contribution in [0, 0.1) is 0 Å². The molecule has 0 saturated carbocycles. The van der Waals surface area contributed by atoms with E-state index in [0.717, 1.165) is 12.8 Å². The summed E-state index contributed by atoms with van der Waals surface area (Å²) in [6.07, 6.45) is 18.2. The van der Waals surface area contributed by atoms with E-state index in [2.05, 4.69) is 17.6 Å². The Morgan fingerprint density at radius 1 is 0.568 bits per heavy atom. The summed E-state index contributed by atoms with van der Waals surface area (Å²) in [6.45, 7) is 5.33. The number of hydrogen-bond donors (Lipinski definition) is 2. The van der Waals surface area contributed by atoms with Crippen molar-refractivity contribution in [2.45, 2.75) is 96.8 Å². The molecule has 9 heteroatoms. The fraction of sp³-hybridized carbons (Fsp3) is 0.893. The van der Waals surface area contributed by atoms with Gasteiger partial charge in [-0.25, -0.2) is 0 Å². The number of carbonyl (C=O) groups excluding carboxylic acids is 3. The molecule has 0 bridgehead atoms. The molecule has 0 atom stereocenters. The molecule has 0 fully saturated rings. The third-order valence-corrected chi connectivity index (χ3v) is 5.81. The number of unbranched alkanes of at least 4 members (excludes halogenated alkanes) is 12. The van der Waals surface area contributed by atoms with E-state index in [1.165, 1.54) is 70.6 Å². The van der Waals surface area contributed by atoms with Crippen LogP contribution in [-0.4, -0.2) is 84.0 Å². The maximum absolute atomic E-state index is 11.9. The number of aldehydes is 1. The minimum atomic E-state index is -0.221. The predicted octanol–water partition coefficient (Wildman–Crippen LogP) is 3.97. The van der Waals surface area contributed by atoms with Crippen LogP contribution in [0.25, 0.3) is 0 Å². The normalized spacial score (nSPS) is 10.9. The summed E-state index contributed by atoms with van der Waals surface area (Å²) in [5.41, 5.74) is 0. The average molecular weight is 531 g/mol. The number of rotatable bonds is 30. The largest absolute Gasteiger partial charge is 0.377 e. The molecule has 0 unspecified atom stereocenters. The van der Waals surface area contributed by atoms with E-state index < -0.39 is 0 Å². The Labute approximate surface area is 225 Å². The van der Waals surface area contributed by atoms with Crippen LogP contribution < -0.4 is 10.6 Å². The summed E-state index contributed by atoms with van der Waals surface area (Å²) in [6, 6.07) is 0. The first-order chi connectivity index (χ1) is 18.2. The zero-order chi connectivity index (χ0) is 27.1. The van der Waals surface area contributed by atoms with Crippen LogP contribution in [-0.2, 0) is 33.3 Å². The van der Waals surface area contributed by atoms with E-state index in [4.69, 9.17) is 18.9 Å². The zero-order valence-electron chi connectivity index (χ0n) is 23.4. The minimum absolute atomic E-state index is 0.0400. The fourth-order valence-electron chi connectivity index (χ4n) is 3.70. The van der Waals surface area contributed by atoms with Gasteiger partial charge < -0.3 is 34.4 Å². The third-order valence-electron chi connectivity index (χ3n) is 5.81. The van der Waals surface area contributed by atoms with Crippen molar-refractivity contribution in [3.8, 4) is 0 Å². The molecule has 0 aliphatic carbocycles. The molecular weight excluding hydrogens is 476 g/mol. The maximum atomic E-state index is 11.9.